The molecule has 4 aromatic rings. The number of halogens is 3. The van der Waals surface area contributed by atoms with Crippen molar-refractivity contribution in [2.45, 2.75) is 44.9 Å². The van der Waals surface area contributed by atoms with Crippen LogP contribution >= 0.6 is 11.3 Å². The van der Waals surface area contributed by atoms with Crippen LogP contribution in [0.5, 0.6) is 5.75 Å². The Labute approximate surface area is 291 Å². The van der Waals surface area contributed by atoms with Crippen LogP contribution in [0.2, 0.25) is 0 Å². The molecule has 0 fully saturated rings. The standard InChI is InChI=1S/C38H36F3N3O5S/c39-38(40,41)31-17-15-30(16-18-31)37(48)44(22-27-9-19-33(20-10-27)49-24-34(45)46)23-32-25-50-36(43-32)29-13-11-28(12-14-29)35(47)42-21-5-4-8-26-6-2-1-3-7-26/h1-3,6-7,9-11,13-20,25,28H,4-5,8,12,21-24H2,(H,42,47)(H,45,46). The third kappa shape index (κ3) is 10.4. The van der Waals surface area contributed by atoms with E-state index in [4.69, 9.17) is 14.8 Å². The molecule has 0 aliphatic heterocycles. The number of carbonyl (C=O) groups excluding carboxylic acids is 2. The summed E-state index contributed by atoms with van der Waals surface area (Å²) in [7, 11) is 0. The van der Waals surface area contributed by atoms with Gasteiger partial charge in [-0.15, -0.1) is 11.3 Å². The highest BCUT2D eigenvalue weighted by Gasteiger charge is 2.30. The maximum Gasteiger partial charge on any atom is 0.416 e. The SMILES string of the molecule is O=C(O)COc1ccc(CN(Cc2csc(C3=CCC(C(=O)NCCCCc4ccccc4)C=C3)n2)C(=O)c2ccc(C(F)(F)F)cc2)cc1. The van der Waals surface area contributed by atoms with E-state index in [1.807, 2.05) is 41.8 Å². The molecule has 0 radical (unpaired) electrons. The number of aromatic nitrogens is 1. The minimum absolute atomic E-state index is 0.0185. The van der Waals surface area contributed by atoms with Crippen molar-refractivity contribution in [2.24, 2.45) is 5.92 Å². The zero-order valence-electron chi connectivity index (χ0n) is 27.1. The first-order valence-corrected chi connectivity index (χ1v) is 17.0. The van der Waals surface area contributed by atoms with Crippen molar-refractivity contribution < 1.29 is 37.4 Å². The molecule has 1 atom stereocenters. The highest BCUT2D eigenvalue weighted by Crippen LogP contribution is 2.30. The van der Waals surface area contributed by atoms with Gasteiger partial charge in [0.2, 0.25) is 5.91 Å². The van der Waals surface area contributed by atoms with Crippen LogP contribution in [-0.4, -0.2) is 45.9 Å². The van der Waals surface area contributed by atoms with E-state index >= 15 is 0 Å². The number of carboxylic acids is 1. The second-order valence-corrected chi connectivity index (χ2v) is 12.7. The number of aryl methyl sites for hydroxylation is 1. The number of nitrogens with zero attached hydrogens (tertiary/aromatic N) is 2. The van der Waals surface area contributed by atoms with Gasteiger partial charge in [-0.2, -0.15) is 13.2 Å². The van der Waals surface area contributed by atoms with E-state index in [0.29, 0.717) is 30.0 Å². The van der Waals surface area contributed by atoms with Gasteiger partial charge in [0.15, 0.2) is 6.61 Å². The number of carbonyl (C=O) groups is 3. The Kier molecular flexibility index (Phi) is 12.2. The van der Waals surface area contributed by atoms with E-state index in [0.717, 1.165) is 54.1 Å². The van der Waals surface area contributed by atoms with Crippen molar-refractivity contribution in [3.8, 4) is 5.75 Å². The molecule has 260 valence electrons. The van der Waals surface area contributed by atoms with Crippen LogP contribution in [0.15, 0.2) is 102 Å². The van der Waals surface area contributed by atoms with Crippen LogP contribution in [0, 0.1) is 5.92 Å². The molecule has 2 amide bonds. The van der Waals surface area contributed by atoms with Crippen molar-refractivity contribution in [1.82, 2.24) is 15.2 Å². The first-order chi connectivity index (χ1) is 24.0. The van der Waals surface area contributed by atoms with Crippen LogP contribution in [0.4, 0.5) is 13.2 Å². The number of hydrogen-bond acceptors (Lipinski definition) is 6. The van der Waals surface area contributed by atoms with Crippen molar-refractivity contribution in [3.05, 3.63) is 135 Å². The lowest BCUT2D eigenvalue weighted by Gasteiger charge is -2.22. The van der Waals surface area contributed by atoms with Crippen molar-refractivity contribution in [3.63, 3.8) is 0 Å². The molecular weight excluding hydrogens is 667 g/mol. The molecule has 0 saturated carbocycles. The third-order valence-corrected chi connectivity index (χ3v) is 8.97. The summed E-state index contributed by atoms with van der Waals surface area (Å²) in [6.45, 7) is 0.309. The monoisotopic (exact) mass is 703 g/mol. The van der Waals surface area contributed by atoms with Gasteiger partial charge in [0.1, 0.15) is 10.8 Å². The van der Waals surface area contributed by atoms with Crippen LogP contribution in [0.1, 0.15) is 57.0 Å². The Morgan fingerprint density at radius 1 is 0.940 bits per heavy atom. The van der Waals surface area contributed by atoms with E-state index in [9.17, 15) is 27.6 Å². The number of benzene rings is 3. The molecule has 3 aromatic carbocycles. The van der Waals surface area contributed by atoms with E-state index in [1.54, 1.807) is 24.3 Å². The fraction of sp³-hybridized carbons (Fsp3) is 0.263. The lowest BCUT2D eigenvalue weighted by molar-refractivity contribution is -0.139. The van der Waals surface area contributed by atoms with Crippen LogP contribution in [0.25, 0.3) is 5.57 Å². The second-order valence-electron chi connectivity index (χ2n) is 11.8. The van der Waals surface area contributed by atoms with Gasteiger partial charge < -0.3 is 20.1 Å². The van der Waals surface area contributed by atoms with Gasteiger partial charge in [0.25, 0.3) is 5.91 Å². The minimum Gasteiger partial charge on any atom is -0.482 e. The molecule has 1 heterocycles. The molecule has 0 spiro atoms. The normalized spacial score (nSPS) is 14.1. The molecular formula is C38H36F3N3O5S. The van der Waals surface area contributed by atoms with Crippen LogP contribution < -0.4 is 10.1 Å². The number of aliphatic carboxylic acids is 1. The summed E-state index contributed by atoms with van der Waals surface area (Å²) in [4.78, 5) is 43.4. The highest BCUT2D eigenvalue weighted by atomic mass is 32.1. The van der Waals surface area contributed by atoms with Crippen molar-refractivity contribution in [2.75, 3.05) is 13.2 Å². The molecule has 2 N–H and O–H groups in total. The smallest absolute Gasteiger partial charge is 0.416 e. The molecule has 5 rings (SSSR count). The number of hydrogen-bond donors (Lipinski definition) is 2. The Bertz CT molecular complexity index is 1820. The molecule has 1 aliphatic rings. The molecule has 12 heteroatoms. The predicted octanol–water partition coefficient (Wildman–Crippen LogP) is 7.57. The average Bonchev–Trinajstić information content (AvgIpc) is 3.59. The summed E-state index contributed by atoms with van der Waals surface area (Å²) in [6, 6.07) is 20.9. The second kappa shape index (κ2) is 16.9. The topological polar surface area (TPSA) is 109 Å². The quantitative estimate of drug-likeness (QED) is 0.124. The van der Waals surface area contributed by atoms with Gasteiger partial charge in [-0.1, -0.05) is 60.7 Å². The number of rotatable bonds is 15. The van der Waals surface area contributed by atoms with Crippen molar-refractivity contribution in [1.29, 1.82) is 0 Å². The molecule has 1 aliphatic carbocycles. The first kappa shape index (κ1) is 36.1. The van der Waals surface area contributed by atoms with Crippen molar-refractivity contribution >= 4 is 34.7 Å². The Morgan fingerprint density at radius 3 is 2.34 bits per heavy atom. The fourth-order valence-corrected chi connectivity index (χ4v) is 6.20. The van der Waals surface area contributed by atoms with E-state index in [2.05, 4.69) is 17.4 Å². The number of thiazole rings is 1. The minimum atomic E-state index is -4.53. The largest absolute Gasteiger partial charge is 0.482 e. The Morgan fingerprint density at radius 2 is 1.68 bits per heavy atom. The maximum atomic E-state index is 13.6. The zero-order valence-corrected chi connectivity index (χ0v) is 27.9. The number of nitrogens with one attached hydrogen (secondary N) is 1. The number of alkyl halides is 3. The van der Waals surface area contributed by atoms with Crippen LogP contribution in [-0.2, 0) is 35.3 Å². The van der Waals surface area contributed by atoms with E-state index < -0.39 is 30.2 Å². The first-order valence-electron chi connectivity index (χ1n) is 16.1. The Balaban J connectivity index is 1.20. The molecule has 1 aromatic heterocycles. The summed E-state index contributed by atoms with van der Waals surface area (Å²) < 4.78 is 44.6. The molecule has 0 saturated heterocycles. The van der Waals surface area contributed by atoms with Gasteiger partial charge in [0.05, 0.1) is 23.7 Å². The van der Waals surface area contributed by atoms with Gasteiger partial charge >= 0.3 is 12.1 Å². The van der Waals surface area contributed by atoms with E-state index in [-0.39, 0.29) is 30.5 Å². The summed E-state index contributed by atoms with van der Waals surface area (Å²) in [6.07, 6.45) is 4.59. The summed E-state index contributed by atoms with van der Waals surface area (Å²) in [5.41, 5.74) is 2.68. The number of carboxylic acid groups (broad SMARTS) is 1. The number of ether oxygens (including phenoxy) is 1. The summed E-state index contributed by atoms with van der Waals surface area (Å²) in [5.74, 6) is -1.55. The average molecular weight is 704 g/mol. The molecule has 8 nitrogen and oxygen atoms in total. The number of unbranched alkanes of at least 4 members (excludes halogenated alkanes) is 1. The zero-order chi connectivity index (χ0) is 35.5. The third-order valence-electron chi connectivity index (χ3n) is 8.03. The number of allylic oxidation sites excluding steroid dienone is 3. The molecule has 1 unspecified atom stereocenters. The van der Waals surface area contributed by atoms with Gasteiger partial charge in [-0.05, 0) is 73.2 Å². The maximum absolute atomic E-state index is 13.6. The fourth-order valence-electron chi connectivity index (χ4n) is 5.36. The molecule has 50 heavy (non-hydrogen) atoms. The van der Waals surface area contributed by atoms with Gasteiger partial charge in [-0.3, -0.25) is 9.59 Å². The summed E-state index contributed by atoms with van der Waals surface area (Å²) in [5, 5.41) is 14.4. The van der Waals surface area contributed by atoms with E-state index in [1.165, 1.54) is 21.8 Å². The number of amides is 2. The highest BCUT2D eigenvalue weighted by molar-refractivity contribution is 7.10. The van der Waals surface area contributed by atoms with Gasteiger partial charge in [0, 0.05) is 29.6 Å². The predicted molar refractivity (Wildman–Crippen MR) is 184 cm³/mol. The lowest BCUT2D eigenvalue weighted by Crippen LogP contribution is -2.31. The molecule has 0 bridgehead atoms. The lowest BCUT2D eigenvalue weighted by atomic mass is 9.96. The summed E-state index contributed by atoms with van der Waals surface area (Å²) >= 11 is 1.39. The Hall–Kier alpha value is -5.23. The van der Waals surface area contributed by atoms with Gasteiger partial charge in [-0.25, -0.2) is 9.78 Å². The van der Waals surface area contributed by atoms with Crippen LogP contribution in [0.3, 0.4) is 0 Å².